The number of carbonyl (C=O) groups is 2. The molecule has 3 heterocycles. The Balaban J connectivity index is 0.00000229. The number of aryl methyl sites for hydroxylation is 1. The van der Waals surface area contributed by atoms with E-state index < -0.39 is 5.60 Å². The summed E-state index contributed by atoms with van der Waals surface area (Å²) in [5.74, 6) is -0.314. The zero-order valence-electron chi connectivity index (χ0n) is 31.7. The zero-order chi connectivity index (χ0) is 38.2. The second-order valence-electron chi connectivity index (χ2n) is 13.4. The molecule has 278 valence electrons. The van der Waals surface area contributed by atoms with E-state index in [1.807, 2.05) is 86.9 Å². The average Bonchev–Trinajstić information content (AvgIpc) is 3.81. The predicted molar refractivity (Wildman–Crippen MR) is 222 cm³/mol. The summed E-state index contributed by atoms with van der Waals surface area (Å²) in [5.41, 5.74) is 6.27. The maximum atomic E-state index is 13.7. The van der Waals surface area contributed by atoms with Crippen LogP contribution in [0.4, 0.5) is 0 Å². The van der Waals surface area contributed by atoms with Crippen molar-refractivity contribution in [3.63, 3.8) is 0 Å². The van der Waals surface area contributed by atoms with Crippen LogP contribution in [0.1, 0.15) is 48.1 Å². The summed E-state index contributed by atoms with van der Waals surface area (Å²) in [5, 5.41) is 4.60. The second-order valence-corrected chi connectivity index (χ2v) is 13.4. The maximum Gasteiger partial charge on any atom is 0.252 e. The number of nitrogens with one attached hydrogen (secondary N) is 1. The molecule has 8 rings (SSSR count). The molecular weight excluding hydrogens is 683 g/mol. The first kappa shape index (κ1) is 37.3. The van der Waals surface area contributed by atoms with Crippen molar-refractivity contribution in [3.8, 4) is 0 Å². The summed E-state index contributed by atoms with van der Waals surface area (Å²) in [4.78, 5) is 26.8. The van der Waals surface area contributed by atoms with E-state index in [0.717, 1.165) is 44.8 Å². The third-order valence-electron chi connectivity index (χ3n) is 10.4. The Morgan fingerprint density at radius 3 is 1.71 bits per heavy atom. The van der Waals surface area contributed by atoms with E-state index in [1.54, 1.807) is 7.05 Å². The summed E-state index contributed by atoms with van der Waals surface area (Å²) in [6.07, 6.45) is 5.17. The molecule has 7 heteroatoms. The Morgan fingerprint density at radius 1 is 0.709 bits per heavy atom. The quantitative estimate of drug-likeness (QED) is 0.125. The van der Waals surface area contributed by atoms with E-state index >= 15 is 0 Å². The molecule has 0 aliphatic carbocycles. The number of amides is 1. The summed E-state index contributed by atoms with van der Waals surface area (Å²) in [6.45, 7) is 5.89. The van der Waals surface area contributed by atoms with E-state index in [4.69, 9.17) is 9.47 Å². The van der Waals surface area contributed by atoms with Gasteiger partial charge in [-0.1, -0.05) is 141 Å². The minimum absolute atomic E-state index is 0.276. The van der Waals surface area contributed by atoms with Gasteiger partial charge in [0.05, 0.1) is 24.9 Å². The highest BCUT2D eigenvalue weighted by Crippen LogP contribution is 2.41. The summed E-state index contributed by atoms with van der Waals surface area (Å²) < 4.78 is 18.3. The molecule has 55 heavy (non-hydrogen) atoms. The van der Waals surface area contributed by atoms with Gasteiger partial charge in [-0.3, -0.25) is 9.59 Å². The van der Waals surface area contributed by atoms with Crippen LogP contribution in [0.15, 0.2) is 152 Å². The summed E-state index contributed by atoms with van der Waals surface area (Å²) >= 11 is 0. The van der Waals surface area contributed by atoms with Gasteiger partial charge in [-0.25, -0.2) is 0 Å². The molecule has 0 saturated carbocycles. The predicted octanol–water partition coefficient (Wildman–Crippen LogP) is 9.28. The fourth-order valence-corrected chi connectivity index (χ4v) is 7.85. The van der Waals surface area contributed by atoms with Crippen LogP contribution < -0.4 is 5.32 Å². The third-order valence-corrected chi connectivity index (χ3v) is 10.4. The Kier molecular flexibility index (Phi) is 11.5. The van der Waals surface area contributed by atoms with Crippen molar-refractivity contribution in [2.24, 2.45) is 0 Å². The van der Waals surface area contributed by atoms with Crippen molar-refractivity contribution < 1.29 is 19.1 Å². The van der Waals surface area contributed by atoms with Crippen molar-refractivity contribution in [1.29, 1.82) is 0 Å². The van der Waals surface area contributed by atoms with Crippen molar-refractivity contribution in [2.75, 3.05) is 20.3 Å². The van der Waals surface area contributed by atoms with Crippen LogP contribution in [0.3, 0.4) is 0 Å². The maximum absolute atomic E-state index is 13.7. The first-order valence-corrected chi connectivity index (χ1v) is 19.1. The first-order chi connectivity index (χ1) is 27.1. The molecule has 4 bridgehead atoms. The van der Waals surface area contributed by atoms with Crippen LogP contribution >= 0.6 is 0 Å². The number of aromatic nitrogens is 2. The number of nitrogens with zero attached hydrogens (tertiary/aromatic N) is 2. The molecule has 7 nitrogen and oxygen atoms in total. The van der Waals surface area contributed by atoms with Gasteiger partial charge in [0.1, 0.15) is 5.60 Å². The lowest BCUT2D eigenvalue weighted by atomic mass is 9.80. The van der Waals surface area contributed by atoms with E-state index in [-0.39, 0.29) is 12.0 Å². The minimum Gasteiger partial charge on any atom is -0.374 e. The fourth-order valence-electron chi connectivity index (χ4n) is 7.85. The summed E-state index contributed by atoms with van der Waals surface area (Å²) in [6, 6.07) is 47.2. The van der Waals surface area contributed by atoms with Crippen LogP contribution in [-0.2, 0) is 37.8 Å². The van der Waals surface area contributed by atoms with Crippen molar-refractivity contribution in [3.05, 3.63) is 180 Å². The molecule has 1 amide bonds. The topological polar surface area (TPSA) is 74.5 Å². The highest BCUT2D eigenvalue weighted by molar-refractivity contribution is 6.38. The van der Waals surface area contributed by atoms with Crippen molar-refractivity contribution >= 4 is 45.1 Å². The van der Waals surface area contributed by atoms with E-state index in [9.17, 15) is 9.59 Å². The van der Waals surface area contributed by atoms with Crippen LogP contribution in [0.2, 0.25) is 0 Å². The van der Waals surface area contributed by atoms with E-state index in [1.165, 1.54) is 0 Å². The van der Waals surface area contributed by atoms with Gasteiger partial charge in [-0.2, -0.15) is 0 Å². The molecular formula is C48H47N3O4. The van der Waals surface area contributed by atoms with Crippen molar-refractivity contribution in [2.45, 2.75) is 45.1 Å². The van der Waals surface area contributed by atoms with Crippen molar-refractivity contribution in [1.82, 2.24) is 14.5 Å². The molecule has 1 atom stereocenters. The molecule has 1 aliphatic heterocycles. The molecule has 1 unspecified atom stereocenters. The number of hydrogen-bond donors (Lipinski definition) is 1. The van der Waals surface area contributed by atoms with E-state index in [2.05, 4.69) is 93.3 Å². The SMILES string of the molecule is CC.CNC(=O)/C1=C(\C=O)c2cn(c3ccccc23)CCC(COC(c2ccccc2)(c2ccccc2)c2ccccc2)OCCn2cc1c1ccccc12. The Hall–Kier alpha value is -6.02. The van der Waals surface area contributed by atoms with Crippen LogP contribution in [0.25, 0.3) is 33.0 Å². The van der Waals surface area contributed by atoms with Crippen LogP contribution in [0.5, 0.6) is 0 Å². The van der Waals surface area contributed by atoms with Gasteiger partial charge >= 0.3 is 0 Å². The van der Waals surface area contributed by atoms with Crippen LogP contribution in [-0.4, -0.2) is 47.7 Å². The minimum atomic E-state index is -0.884. The molecule has 1 aliphatic rings. The number of likely N-dealkylation sites (N-methyl/N-ethyl adjacent to an activating group) is 1. The highest BCUT2D eigenvalue weighted by atomic mass is 16.5. The summed E-state index contributed by atoms with van der Waals surface area (Å²) in [7, 11) is 1.60. The van der Waals surface area contributed by atoms with Gasteiger partial charge in [0.2, 0.25) is 0 Å². The Bertz CT molecular complexity index is 2320. The monoisotopic (exact) mass is 729 g/mol. The van der Waals surface area contributed by atoms with E-state index in [0.29, 0.717) is 55.0 Å². The van der Waals surface area contributed by atoms with Crippen LogP contribution in [0, 0.1) is 0 Å². The Labute approximate surface area is 322 Å². The lowest BCUT2D eigenvalue weighted by molar-refractivity contribution is -0.115. The number of carbonyl (C=O) groups excluding carboxylic acids is 2. The number of para-hydroxylation sites is 2. The Morgan fingerprint density at radius 2 is 1.18 bits per heavy atom. The standard InChI is InChI=1S/C46H41N3O4.C2H6/c1-47-45(51)44-40-30-49(43-24-14-12-22-38(40)43)27-28-52-36(25-26-48-29-39(41(44)31-50)37-21-11-13-23-42(37)48)32-53-46(33-15-5-2-6-16-33,34-17-7-3-8-18-34)35-19-9-4-10-20-35;1-2/h2-24,29-31,36H,25-28,32H2,1H3,(H,47,51);1-2H3/b44-41+;. The average molecular weight is 730 g/mol. The fraction of sp³-hybridized carbons (Fsp3) is 0.208. The van der Waals surface area contributed by atoms with Gasteiger partial charge < -0.3 is 23.9 Å². The van der Waals surface area contributed by atoms with Gasteiger partial charge in [0.25, 0.3) is 5.91 Å². The smallest absolute Gasteiger partial charge is 0.252 e. The third kappa shape index (κ3) is 7.17. The van der Waals surface area contributed by atoms with Gasteiger partial charge in [-0.05, 0) is 35.2 Å². The molecule has 5 aromatic carbocycles. The van der Waals surface area contributed by atoms with Gasteiger partial charge in [0, 0.05) is 71.0 Å². The molecule has 0 radical (unpaired) electrons. The first-order valence-electron chi connectivity index (χ1n) is 19.1. The lowest BCUT2D eigenvalue weighted by Gasteiger charge is -2.37. The number of allylic oxidation sites excluding steroid dienone is 1. The number of aldehydes is 1. The molecule has 0 spiro atoms. The zero-order valence-corrected chi connectivity index (χ0v) is 31.7. The largest absolute Gasteiger partial charge is 0.374 e. The number of fused-ring (bicyclic) bond motifs is 10. The molecule has 7 aromatic rings. The molecule has 1 N–H and O–H groups in total. The number of ether oxygens (including phenoxy) is 2. The number of hydrogen-bond acceptors (Lipinski definition) is 4. The number of benzene rings is 5. The normalized spacial score (nSPS) is 16.2. The van der Waals surface area contributed by atoms with Gasteiger partial charge in [0.15, 0.2) is 6.29 Å². The lowest BCUT2D eigenvalue weighted by Crippen LogP contribution is -2.37. The van der Waals surface area contributed by atoms with Gasteiger partial charge in [-0.15, -0.1) is 0 Å². The second kappa shape index (κ2) is 17.0. The molecule has 0 fully saturated rings. The molecule has 2 aromatic heterocycles. The molecule has 0 saturated heterocycles. The number of rotatable bonds is 8. The highest BCUT2D eigenvalue weighted by Gasteiger charge is 2.38.